The van der Waals surface area contributed by atoms with Crippen LogP contribution < -0.4 is 5.73 Å². The zero-order chi connectivity index (χ0) is 8.85. The van der Waals surface area contributed by atoms with Crippen molar-refractivity contribution in [3.8, 4) is 0 Å². The molecule has 0 heterocycles. The molecule has 0 aromatic carbocycles. The third-order valence-corrected chi connectivity index (χ3v) is 1.43. The molecule has 0 aromatic rings. The van der Waals surface area contributed by atoms with Crippen LogP contribution in [0.25, 0.3) is 0 Å². The Kier molecular flexibility index (Phi) is 4.26. The van der Waals surface area contributed by atoms with E-state index in [0.717, 1.165) is 6.42 Å². The summed E-state index contributed by atoms with van der Waals surface area (Å²) in [6.45, 7) is 1.87. The zero-order valence-electron chi connectivity index (χ0n) is 6.54. The normalized spacial score (nSPS) is 12.5. The van der Waals surface area contributed by atoms with Crippen LogP contribution in [-0.2, 0) is 9.59 Å². The van der Waals surface area contributed by atoms with E-state index in [-0.39, 0.29) is 6.42 Å². The number of carboxylic acids is 1. The van der Waals surface area contributed by atoms with Gasteiger partial charge < -0.3 is 10.8 Å². The minimum absolute atomic E-state index is 0.0524. The van der Waals surface area contributed by atoms with E-state index in [1.165, 1.54) is 0 Å². The van der Waals surface area contributed by atoms with Crippen molar-refractivity contribution in [3.05, 3.63) is 0 Å². The molecule has 0 aliphatic rings. The monoisotopic (exact) mass is 159 g/mol. The van der Waals surface area contributed by atoms with E-state index in [4.69, 9.17) is 10.8 Å². The minimum atomic E-state index is -0.939. The highest BCUT2D eigenvalue weighted by molar-refractivity contribution is 5.80. The van der Waals surface area contributed by atoms with Crippen molar-refractivity contribution >= 4 is 11.9 Å². The maximum atomic E-state index is 10.4. The average molecular weight is 159 g/mol. The lowest BCUT2D eigenvalue weighted by atomic mass is 10.00. The van der Waals surface area contributed by atoms with Crippen molar-refractivity contribution in [1.29, 1.82) is 0 Å². The molecule has 0 unspecified atom stereocenters. The van der Waals surface area contributed by atoms with Gasteiger partial charge in [0.2, 0.25) is 5.91 Å². The second-order valence-corrected chi connectivity index (χ2v) is 2.49. The predicted octanol–water partition coefficient (Wildman–Crippen LogP) is 0.363. The Labute approximate surface area is 65.4 Å². The summed E-state index contributed by atoms with van der Waals surface area (Å²) in [4.78, 5) is 20.8. The number of hydrogen-bond acceptors (Lipinski definition) is 2. The SMILES string of the molecule is CCC[C@@H](CC(N)=O)C(=O)O. The van der Waals surface area contributed by atoms with Gasteiger partial charge in [0.15, 0.2) is 0 Å². The molecule has 0 fully saturated rings. The first kappa shape index (κ1) is 9.94. The van der Waals surface area contributed by atoms with E-state index >= 15 is 0 Å². The number of carbonyl (C=O) groups excluding carboxylic acids is 1. The van der Waals surface area contributed by atoms with Crippen molar-refractivity contribution in [3.63, 3.8) is 0 Å². The number of hydrogen-bond donors (Lipinski definition) is 2. The summed E-state index contributed by atoms with van der Waals surface area (Å²) in [7, 11) is 0. The van der Waals surface area contributed by atoms with Gasteiger partial charge in [-0.2, -0.15) is 0 Å². The molecule has 0 rings (SSSR count). The molecule has 0 aromatic heterocycles. The van der Waals surface area contributed by atoms with Gasteiger partial charge in [-0.15, -0.1) is 0 Å². The molecule has 0 spiro atoms. The van der Waals surface area contributed by atoms with Gasteiger partial charge in [-0.05, 0) is 6.42 Å². The average Bonchev–Trinajstić information content (AvgIpc) is 1.86. The van der Waals surface area contributed by atoms with Crippen LogP contribution in [0, 0.1) is 5.92 Å². The fourth-order valence-corrected chi connectivity index (χ4v) is 0.904. The summed E-state index contributed by atoms with van der Waals surface area (Å²) in [5, 5.41) is 8.55. The summed E-state index contributed by atoms with van der Waals surface area (Å²) in [6.07, 6.45) is 1.21. The molecule has 0 bridgehead atoms. The molecule has 64 valence electrons. The molecule has 0 saturated heterocycles. The van der Waals surface area contributed by atoms with Gasteiger partial charge in [-0.1, -0.05) is 13.3 Å². The molecule has 0 radical (unpaired) electrons. The number of carbonyl (C=O) groups is 2. The van der Waals surface area contributed by atoms with Gasteiger partial charge in [0.1, 0.15) is 0 Å². The Balaban J connectivity index is 3.89. The third-order valence-electron chi connectivity index (χ3n) is 1.43. The number of carboxylic acid groups (broad SMARTS) is 1. The third kappa shape index (κ3) is 4.36. The first-order chi connectivity index (χ1) is 5.07. The quantitative estimate of drug-likeness (QED) is 0.607. The van der Waals surface area contributed by atoms with Crippen molar-refractivity contribution in [2.75, 3.05) is 0 Å². The summed E-state index contributed by atoms with van der Waals surface area (Å²) in [5.74, 6) is -2.09. The van der Waals surface area contributed by atoms with Crippen molar-refractivity contribution in [2.24, 2.45) is 11.7 Å². The predicted molar refractivity (Wildman–Crippen MR) is 39.8 cm³/mol. The molecule has 3 N–H and O–H groups in total. The lowest BCUT2D eigenvalue weighted by molar-refractivity contribution is -0.143. The standard InChI is InChI=1S/C7H13NO3/c1-2-3-5(7(10)11)4-6(8)9/h5H,2-4H2,1H3,(H2,8,9)(H,10,11)/t5-/m0/s1. The highest BCUT2D eigenvalue weighted by Gasteiger charge is 2.18. The molecular weight excluding hydrogens is 146 g/mol. The molecular formula is C7H13NO3. The van der Waals surface area contributed by atoms with Gasteiger partial charge in [-0.25, -0.2) is 0 Å². The van der Waals surface area contributed by atoms with Crippen LogP contribution in [0.5, 0.6) is 0 Å². The van der Waals surface area contributed by atoms with E-state index in [1.807, 2.05) is 6.92 Å². The van der Waals surface area contributed by atoms with E-state index in [9.17, 15) is 9.59 Å². The Hall–Kier alpha value is -1.06. The Morgan fingerprint density at radius 3 is 2.36 bits per heavy atom. The molecule has 0 saturated carbocycles. The summed E-state index contributed by atoms with van der Waals surface area (Å²) in [5.41, 5.74) is 4.86. The number of nitrogens with two attached hydrogens (primary N) is 1. The van der Waals surface area contributed by atoms with Crippen LogP contribution in [0.2, 0.25) is 0 Å². The van der Waals surface area contributed by atoms with Crippen LogP contribution in [0.15, 0.2) is 0 Å². The van der Waals surface area contributed by atoms with E-state index in [1.54, 1.807) is 0 Å². The second-order valence-electron chi connectivity index (χ2n) is 2.49. The molecule has 0 aliphatic carbocycles. The minimum Gasteiger partial charge on any atom is -0.481 e. The molecule has 11 heavy (non-hydrogen) atoms. The largest absolute Gasteiger partial charge is 0.481 e. The van der Waals surface area contributed by atoms with Crippen LogP contribution >= 0.6 is 0 Å². The second kappa shape index (κ2) is 4.71. The zero-order valence-corrected chi connectivity index (χ0v) is 6.54. The Morgan fingerprint density at radius 2 is 2.09 bits per heavy atom. The molecule has 4 heteroatoms. The smallest absolute Gasteiger partial charge is 0.307 e. The lowest BCUT2D eigenvalue weighted by Crippen LogP contribution is -2.22. The highest BCUT2D eigenvalue weighted by Crippen LogP contribution is 2.10. The topological polar surface area (TPSA) is 80.4 Å². The summed E-state index contributed by atoms with van der Waals surface area (Å²) in [6, 6.07) is 0. The fourth-order valence-electron chi connectivity index (χ4n) is 0.904. The molecule has 4 nitrogen and oxygen atoms in total. The van der Waals surface area contributed by atoms with Gasteiger partial charge in [0.05, 0.1) is 5.92 Å². The van der Waals surface area contributed by atoms with E-state index in [0.29, 0.717) is 6.42 Å². The summed E-state index contributed by atoms with van der Waals surface area (Å²) < 4.78 is 0. The van der Waals surface area contributed by atoms with Gasteiger partial charge in [0.25, 0.3) is 0 Å². The first-order valence-corrected chi connectivity index (χ1v) is 3.59. The van der Waals surface area contributed by atoms with Crippen molar-refractivity contribution in [1.82, 2.24) is 0 Å². The van der Waals surface area contributed by atoms with Crippen molar-refractivity contribution < 1.29 is 14.7 Å². The number of amides is 1. The maximum absolute atomic E-state index is 10.4. The van der Waals surface area contributed by atoms with Gasteiger partial charge in [0, 0.05) is 6.42 Å². The van der Waals surface area contributed by atoms with E-state index < -0.39 is 17.8 Å². The fraction of sp³-hybridized carbons (Fsp3) is 0.714. The highest BCUT2D eigenvalue weighted by atomic mass is 16.4. The van der Waals surface area contributed by atoms with Gasteiger partial charge in [-0.3, -0.25) is 9.59 Å². The Morgan fingerprint density at radius 1 is 1.55 bits per heavy atom. The van der Waals surface area contributed by atoms with Gasteiger partial charge >= 0.3 is 5.97 Å². The molecule has 1 atom stereocenters. The van der Waals surface area contributed by atoms with Crippen LogP contribution in [0.4, 0.5) is 0 Å². The van der Waals surface area contributed by atoms with Crippen molar-refractivity contribution in [2.45, 2.75) is 26.2 Å². The number of aliphatic carboxylic acids is 1. The molecule has 0 aliphatic heterocycles. The van der Waals surface area contributed by atoms with Crippen LogP contribution in [-0.4, -0.2) is 17.0 Å². The Bertz CT molecular complexity index is 156. The number of primary amides is 1. The number of rotatable bonds is 5. The van der Waals surface area contributed by atoms with Crippen LogP contribution in [0.1, 0.15) is 26.2 Å². The van der Waals surface area contributed by atoms with Crippen LogP contribution in [0.3, 0.4) is 0 Å². The first-order valence-electron chi connectivity index (χ1n) is 3.59. The maximum Gasteiger partial charge on any atom is 0.307 e. The summed E-state index contributed by atoms with van der Waals surface area (Å²) >= 11 is 0. The lowest BCUT2D eigenvalue weighted by Gasteiger charge is -2.06. The van der Waals surface area contributed by atoms with E-state index in [2.05, 4.69) is 0 Å². The molecule has 1 amide bonds.